The highest BCUT2D eigenvalue weighted by Crippen LogP contribution is 2.34. The quantitative estimate of drug-likeness (QED) is 0.879. The van der Waals surface area contributed by atoms with Gasteiger partial charge in [-0.2, -0.15) is 0 Å². The molecule has 0 aromatic heterocycles. The average molecular weight is 262 g/mol. The lowest BCUT2D eigenvalue weighted by molar-refractivity contribution is 0.0414. The van der Waals surface area contributed by atoms with E-state index in [0.29, 0.717) is 10.9 Å². The molecule has 2 nitrogen and oxygen atoms in total. The third kappa shape index (κ3) is 2.89. The van der Waals surface area contributed by atoms with Crippen LogP contribution in [-0.2, 0) is 0 Å². The lowest BCUT2D eigenvalue weighted by Gasteiger charge is -2.33. The second kappa shape index (κ2) is 5.87. The first-order valence-electron chi connectivity index (χ1n) is 5.37. The lowest BCUT2D eigenvalue weighted by Crippen LogP contribution is -2.36. The molecule has 0 saturated heterocycles. The maximum Gasteiger partial charge on any atom is 0.0760 e. The number of hydrogen-bond acceptors (Lipinski definition) is 2. The van der Waals surface area contributed by atoms with Crippen molar-refractivity contribution in [1.82, 2.24) is 0 Å². The molecule has 1 aliphatic carbocycles. The lowest BCUT2D eigenvalue weighted by atomic mass is 9.77. The van der Waals surface area contributed by atoms with Crippen LogP contribution in [0.1, 0.15) is 30.9 Å². The third-order valence-electron chi connectivity index (χ3n) is 3.26. The molecule has 1 aromatic carbocycles. The molecule has 0 spiro atoms. The number of aliphatic hydroxyl groups excluding tert-OH is 1. The van der Waals surface area contributed by atoms with Gasteiger partial charge in [-0.25, -0.2) is 0 Å². The summed E-state index contributed by atoms with van der Waals surface area (Å²) < 4.78 is 0. The van der Waals surface area contributed by atoms with E-state index in [4.69, 9.17) is 17.3 Å². The van der Waals surface area contributed by atoms with Crippen molar-refractivity contribution in [2.45, 2.75) is 31.4 Å². The van der Waals surface area contributed by atoms with Crippen LogP contribution in [0.4, 0.5) is 0 Å². The maximum atomic E-state index is 10.0. The summed E-state index contributed by atoms with van der Waals surface area (Å²) in [5.41, 5.74) is 6.96. The first-order chi connectivity index (χ1) is 7.18. The molecule has 1 saturated carbocycles. The fraction of sp³-hybridized carbons (Fsp3) is 0.500. The summed E-state index contributed by atoms with van der Waals surface area (Å²) >= 11 is 5.79. The molecular weight excluding hydrogens is 245 g/mol. The van der Waals surface area contributed by atoms with Gasteiger partial charge in [0.1, 0.15) is 0 Å². The zero-order chi connectivity index (χ0) is 10.8. The van der Waals surface area contributed by atoms with Gasteiger partial charge in [0.05, 0.1) is 12.1 Å². The number of rotatable bonds is 3. The van der Waals surface area contributed by atoms with Crippen LogP contribution >= 0.6 is 24.0 Å². The highest BCUT2D eigenvalue weighted by Gasteiger charge is 2.30. The van der Waals surface area contributed by atoms with E-state index < -0.39 is 6.10 Å². The number of hydrogen-bond donors (Lipinski definition) is 2. The second-order valence-corrected chi connectivity index (χ2v) is 4.70. The van der Waals surface area contributed by atoms with Gasteiger partial charge in [0.15, 0.2) is 0 Å². The monoisotopic (exact) mass is 261 g/mol. The predicted octanol–water partition coefficient (Wildman–Crippen LogP) is 2.92. The van der Waals surface area contributed by atoms with Crippen LogP contribution in [0.3, 0.4) is 0 Å². The van der Waals surface area contributed by atoms with E-state index in [2.05, 4.69) is 0 Å². The third-order valence-corrected chi connectivity index (χ3v) is 3.51. The molecule has 0 radical (unpaired) electrons. The Kier molecular flexibility index (Phi) is 5.06. The van der Waals surface area contributed by atoms with Gasteiger partial charge in [-0.05, 0) is 36.5 Å². The molecule has 2 atom stereocenters. The standard InChI is InChI=1S/C12H16ClNO.ClH/c13-10-6-4-8(5-7-10)11(14)12(15)9-2-1-3-9;/h4-7,9,11-12,15H,1-3,14H2;1H/t11-,12+;/m1./s1. The molecule has 1 aromatic rings. The van der Waals surface area contributed by atoms with Gasteiger partial charge in [-0.15, -0.1) is 12.4 Å². The zero-order valence-electron chi connectivity index (χ0n) is 8.97. The first-order valence-corrected chi connectivity index (χ1v) is 5.75. The normalized spacial score (nSPS) is 19.4. The van der Waals surface area contributed by atoms with Crippen molar-refractivity contribution in [3.63, 3.8) is 0 Å². The molecule has 0 unspecified atom stereocenters. The van der Waals surface area contributed by atoms with Gasteiger partial charge in [-0.3, -0.25) is 0 Å². The van der Waals surface area contributed by atoms with Crippen LogP contribution in [-0.4, -0.2) is 11.2 Å². The SMILES string of the molecule is Cl.N[C@H](c1ccc(Cl)cc1)[C@@H](O)C1CCC1. The van der Waals surface area contributed by atoms with E-state index in [-0.39, 0.29) is 18.4 Å². The van der Waals surface area contributed by atoms with E-state index in [1.54, 1.807) is 0 Å². The second-order valence-electron chi connectivity index (χ2n) is 4.26. The maximum absolute atomic E-state index is 10.0. The van der Waals surface area contributed by atoms with Gasteiger partial charge >= 0.3 is 0 Å². The Labute approximate surface area is 107 Å². The number of halogens is 2. The van der Waals surface area contributed by atoms with Crippen LogP contribution in [0.25, 0.3) is 0 Å². The van der Waals surface area contributed by atoms with Crippen LogP contribution in [0, 0.1) is 5.92 Å². The van der Waals surface area contributed by atoms with Crippen LogP contribution < -0.4 is 5.73 Å². The molecule has 2 rings (SSSR count). The zero-order valence-corrected chi connectivity index (χ0v) is 10.5. The molecule has 0 amide bonds. The Morgan fingerprint density at radius 2 is 1.81 bits per heavy atom. The van der Waals surface area contributed by atoms with E-state index in [1.807, 2.05) is 24.3 Å². The Hall–Kier alpha value is -0.280. The average Bonchev–Trinajstić information content (AvgIpc) is 2.15. The minimum Gasteiger partial charge on any atom is -0.391 e. The Morgan fingerprint density at radius 3 is 2.25 bits per heavy atom. The fourth-order valence-corrected chi connectivity index (χ4v) is 2.08. The van der Waals surface area contributed by atoms with E-state index in [1.165, 1.54) is 6.42 Å². The van der Waals surface area contributed by atoms with Crippen LogP contribution in [0.15, 0.2) is 24.3 Å². The molecule has 0 heterocycles. The molecule has 0 aliphatic heterocycles. The van der Waals surface area contributed by atoms with E-state index >= 15 is 0 Å². The summed E-state index contributed by atoms with van der Waals surface area (Å²) in [6.07, 6.45) is 3.00. The minimum atomic E-state index is -0.417. The Morgan fingerprint density at radius 1 is 1.25 bits per heavy atom. The van der Waals surface area contributed by atoms with Gasteiger partial charge < -0.3 is 10.8 Å². The van der Waals surface area contributed by atoms with Crippen LogP contribution in [0.2, 0.25) is 5.02 Å². The molecule has 4 heteroatoms. The van der Waals surface area contributed by atoms with Crippen molar-refractivity contribution >= 4 is 24.0 Å². The summed E-state index contributed by atoms with van der Waals surface area (Å²) in [6.45, 7) is 0. The largest absolute Gasteiger partial charge is 0.391 e. The van der Waals surface area contributed by atoms with E-state index in [0.717, 1.165) is 18.4 Å². The van der Waals surface area contributed by atoms with Crippen LogP contribution in [0.5, 0.6) is 0 Å². The van der Waals surface area contributed by atoms with Gasteiger partial charge in [0.2, 0.25) is 0 Å². The van der Waals surface area contributed by atoms with Gasteiger partial charge in [-0.1, -0.05) is 30.2 Å². The summed E-state index contributed by atoms with van der Waals surface area (Å²) in [5.74, 6) is 0.385. The molecule has 16 heavy (non-hydrogen) atoms. The minimum absolute atomic E-state index is 0. The number of benzene rings is 1. The summed E-state index contributed by atoms with van der Waals surface area (Å²) in [7, 11) is 0. The highest BCUT2D eigenvalue weighted by atomic mass is 35.5. The molecular formula is C12H17Cl2NO. The molecule has 90 valence electrons. The Balaban J connectivity index is 0.00000128. The van der Waals surface area contributed by atoms with Crippen molar-refractivity contribution in [2.24, 2.45) is 11.7 Å². The van der Waals surface area contributed by atoms with Crippen molar-refractivity contribution in [2.75, 3.05) is 0 Å². The fourth-order valence-electron chi connectivity index (χ4n) is 1.96. The molecule has 1 fully saturated rings. The van der Waals surface area contributed by atoms with Crippen molar-refractivity contribution < 1.29 is 5.11 Å². The first kappa shape index (κ1) is 13.8. The van der Waals surface area contributed by atoms with Crippen molar-refractivity contribution in [3.05, 3.63) is 34.9 Å². The van der Waals surface area contributed by atoms with Crippen molar-refractivity contribution in [1.29, 1.82) is 0 Å². The molecule has 0 bridgehead atoms. The summed E-state index contributed by atoms with van der Waals surface area (Å²) in [4.78, 5) is 0. The predicted molar refractivity (Wildman–Crippen MR) is 69.0 cm³/mol. The number of aliphatic hydroxyl groups is 1. The van der Waals surface area contributed by atoms with Crippen molar-refractivity contribution in [3.8, 4) is 0 Å². The van der Waals surface area contributed by atoms with E-state index in [9.17, 15) is 5.11 Å². The summed E-state index contributed by atoms with van der Waals surface area (Å²) in [5, 5.41) is 10.7. The molecule has 1 aliphatic rings. The highest BCUT2D eigenvalue weighted by molar-refractivity contribution is 6.30. The topological polar surface area (TPSA) is 46.2 Å². The van der Waals surface area contributed by atoms with Gasteiger partial charge in [0, 0.05) is 5.02 Å². The Bertz CT molecular complexity index is 324. The summed E-state index contributed by atoms with van der Waals surface area (Å²) in [6, 6.07) is 7.10. The van der Waals surface area contributed by atoms with Gasteiger partial charge in [0.25, 0.3) is 0 Å². The number of nitrogens with two attached hydrogens (primary N) is 1. The molecule has 3 N–H and O–H groups in total. The smallest absolute Gasteiger partial charge is 0.0760 e.